The molecule has 0 fully saturated rings. The van der Waals surface area contributed by atoms with Gasteiger partial charge in [-0.15, -0.1) is 0 Å². The smallest absolute Gasteiger partial charge is 0.416 e. The maximum absolute atomic E-state index is 13.2. The Morgan fingerprint density at radius 3 is 2.06 bits per heavy atom. The molecule has 0 saturated heterocycles. The van der Waals surface area contributed by atoms with Crippen molar-refractivity contribution in [3.8, 4) is 5.75 Å². The number of benzene rings is 3. The molecule has 0 aliphatic heterocycles. The second kappa shape index (κ2) is 9.91. The molecular formula is C26H22F6O2. The summed E-state index contributed by atoms with van der Waals surface area (Å²) in [6.07, 6.45) is -8.89. The van der Waals surface area contributed by atoms with Gasteiger partial charge in [0.1, 0.15) is 11.5 Å². The summed E-state index contributed by atoms with van der Waals surface area (Å²) in [6.45, 7) is 1.34. The van der Waals surface area contributed by atoms with Gasteiger partial charge in [0.05, 0.1) is 11.1 Å². The van der Waals surface area contributed by atoms with Crippen LogP contribution in [0.2, 0.25) is 0 Å². The van der Waals surface area contributed by atoms with E-state index in [9.17, 15) is 36.2 Å². The van der Waals surface area contributed by atoms with Gasteiger partial charge in [-0.1, -0.05) is 42.5 Å². The van der Waals surface area contributed by atoms with E-state index in [1.165, 1.54) is 19.1 Å². The molecule has 0 spiro atoms. The lowest BCUT2D eigenvalue weighted by Crippen LogP contribution is -2.10. The van der Waals surface area contributed by atoms with E-state index in [1.54, 1.807) is 30.3 Å². The molecule has 0 amide bonds. The van der Waals surface area contributed by atoms with Crippen molar-refractivity contribution < 1.29 is 36.2 Å². The monoisotopic (exact) mass is 480 g/mol. The average molecular weight is 480 g/mol. The molecule has 0 aromatic heterocycles. The van der Waals surface area contributed by atoms with E-state index in [0.717, 1.165) is 23.8 Å². The highest BCUT2D eigenvalue weighted by Crippen LogP contribution is 2.35. The zero-order valence-electron chi connectivity index (χ0n) is 18.2. The molecule has 0 heterocycles. The minimum atomic E-state index is -4.58. The van der Waals surface area contributed by atoms with Crippen LogP contribution in [0.4, 0.5) is 26.3 Å². The van der Waals surface area contributed by atoms with Gasteiger partial charge in [0.2, 0.25) is 0 Å². The first-order chi connectivity index (χ1) is 15.8. The number of phenols is 1. The standard InChI is InChI=1S/C26H22F6O2/c1-16-12-21(25(27,28)29)14-20(24(16)34)15-22(33)11-10-17-6-8-18(9-7-17)13-19-4-2-3-5-23(19)26(30,31)32/h2-9,12,14,34H,10-11,13,15H2,1H3. The van der Waals surface area contributed by atoms with Crippen LogP contribution in [0, 0.1) is 6.92 Å². The minimum Gasteiger partial charge on any atom is -0.507 e. The van der Waals surface area contributed by atoms with Gasteiger partial charge in [-0.3, -0.25) is 4.79 Å². The van der Waals surface area contributed by atoms with Gasteiger partial charge in [0, 0.05) is 18.4 Å². The third kappa shape index (κ3) is 6.40. The molecule has 0 saturated carbocycles. The molecule has 0 unspecified atom stereocenters. The number of aromatic hydroxyl groups is 1. The first-order valence-corrected chi connectivity index (χ1v) is 10.5. The molecule has 34 heavy (non-hydrogen) atoms. The van der Waals surface area contributed by atoms with Crippen molar-refractivity contribution in [2.45, 2.75) is 45.0 Å². The number of carbonyl (C=O) groups excluding carboxylic acids is 1. The Hall–Kier alpha value is -3.29. The summed E-state index contributed by atoms with van der Waals surface area (Å²) in [6, 6.07) is 13.8. The molecule has 1 N–H and O–H groups in total. The van der Waals surface area contributed by atoms with Gasteiger partial charge < -0.3 is 5.11 Å². The van der Waals surface area contributed by atoms with E-state index < -0.39 is 23.5 Å². The predicted molar refractivity (Wildman–Crippen MR) is 116 cm³/mol. The molecule has 180 valence electrons. The Kier molecular flexibility index (Phi) is 7.38. The highest BCUT2D eigenvalue weighted by atomic mass is 19.4. The van der Waals surface area contributed by atoms with E-state index in [4.69, 9.17) is 0 Å². The Labute approximate surface area is 192 Å². The summed E-state index contributed by atoms with van der Waals surface area (Å²) in [5.41, 5.74) is -0.0294. The summed E-state index contributed by atoms with van der Waals surface area (Å²) in [5, 5.41) is 10.1. The molecule has 0 atom stereocenters. The largest absolute Gasteiger partial charge is 0.507 e. The van der Waals surface area contributed by atoms with Gasteiger partial charge in [0.25, 0.3) is 0 Å². The van der Waals surface area contributed by atoms with E-state index in [2.05, 4.69) is 0 Å². The highest BCUT2D eigenvalue weighted by molar-refractivity contribution is 5.82. The minimum absolute atomic E-state index is 0.0420. The summed E-state index contributed by atoms with van der Waals surface area (Å²) >= 11 is 0. The van der Waals surface area contributed by atoms with Crippen molar-refractivity contribution in [2.75, 3.05) is 0 Å². The van der Waals surface area contributed by atoms with Crippen molar-refractivity contribution in [2.24, 2.45) is 0 Å². The SMILES string of the molecule is Cc1cc(C(F)(F)F)cc(CC(=O)CCc2ccc(Cc3ccccc3C(F)(F)F)cc2)c1O. The molecule has 8 heteroatoms. The summed E-state index contributed by atoms with van der Waals surface area (Å²) < 4.78 is 78.6. The quantitative estimate of drug-likeness (QED) is 0.367. The number of carbonyl (C=O) groups is 1. The van der Waals surface area contributed by atoms with Crippen molar-refractivity contribution in [1.82, 2.24) is 0 Å². The van der Waals surface area contributed by atoms with Gasteiger partial charge in [-0.05, 0) is 60.2 Å². The van der Waals surface area contributed by atoms with Crippen LogP contribution in [0.25, 0.3) is 0 Å². The van der Waals surface area contributed by atoms with Gasteiger partial charge in [-0.25, -0.2) is 0 Å². The number of halogens is 6. The third-order valence-corrected chi connectivity index (χ3v) is 5.53. The number of rotatable bonds is 7. The first-order valence-electron chi connectivity index (χ1n) is 10.5. The molecule has 0 radical (unpaired) electrons. The van der Waals surface area contributed by atoms with Gasteiger partial charge >= 0.3 is 12.4 Å². The molecule has 2 nitrogen and oxygen atoms in total. The third-order valence-electron chi connectivity index (χ3n) is 5.53. The normalized spacial score (nSPS) is 12.1. The van der Waals surface area contributed by atoms with E-state index >= 15 is 0 Å². The Morgan fingerprint density at radius 2 is 1.44 bits per heavy atom. The fourth-order valence-electron chi connectivity index (χ4n) is 3.73. The number of phenolic OH excluding ortho intramolecular Hbond substituents is 1. The van der Waals surface area contributed by atoms with Crippen LogP contribution in [0.15, 0.2) is 60.7 Å². The van der Waals surface area contributed by atoms with E-state index in [-0.39, 0.29) is 47.5 Å². The lowest BCUT2D eigenvalue weighted by molar-refractivity contribution is -0.138. The molecule has 3 rings (SSSR count). The van der Waals surface area contributed by atoms with Gasteiger partial charge in [0.15, 0.2) is 0 Å². The maximum atomic E-state index is 13.2. The van der Waals surface area contributed by atoms with Crippen LogP contribution in [0.1, 0.15) is 45.4 Å². The van der Waals surface area contributed by atoms with Crippen molar-refractivity contribution in [3.63, 3.8) is 0 Å². The molecule has 3 aromatic carbocycles. The highest BCUT2D eigenvalue weighted by Gasteiger charge is 2.33. The first kappa shape index (κ1) is 25.3. The van der Waals surface area contributed by atoms with Crippen molar-refractivity contribution in [3.05, 3.63) is 99.6 Å². The number of alkyl halides is 6. The van der Waals surface area contributed by atoms with Crippen LogP contribution in [-0.4, -0.2) is 10.9 Å². The fraction of sp³-hybridized carbons (Fsp3) is 0.269. The molecule has 3 aromatic rings. The van der Waals surface area contributed by atoms with E-state index in [0.29, 0.717) is 12.0 Å². The van der Waals surface area contributed by atoms with Crippen LogP contribution in [-0.2, 0) is 36.4 Å². The second-order valence-corrected chi connectivity index (χ2v) is 8.16. The fourth-order valence-corrected chi connectivity index (χ4v) is 3.73. The lowest BCUT2D eigenvalue weighted by atomic mass is 9.96. The predicted octanol–water partition coefficient (Wildman–Crippen LogP) is 7.07. The lowest BCUT2D eigenvalue weighted by Gasteiger charge is -2.13. The molecule has 0 aliphatic rings. The van der Waals surface area contributed by atoms with Crippen molar-refractivity contribution >= 4 is 5.78 Å². The Bertz CT molecular complexity index is 1160. The van der Waals surface area contributed by atoms with E-state index in [1.807, 2.05) is 0 Å². The van der Waals surface area contributed by atoms with Crippen LogP contribution in [0.5, 0.6) is 5.75 Å². The van der Waals surface area contributed by atoms with Crippen LogP contribution < -0.4 is 0 Å². The van der Waals surface area contributed by atoms with Crippen LogP contribution in [0.3, 0.4) is 0 Å². The Morgan fingerprint density at radius 1 is 0.824 bits per heavy atom. The molecular weight excluding hydrogens is 458 g/mol. The molecule has 0 aliphatic carbocycles. The summed E-state index contributed by atoms with van der Waals surface area (Å²) in [4.78, 5) is 12.4. The van der Waals surface area contributed by atoms with Crippen molar-refractivity contribution in [1.29, 1.82) is 0 Å². The maximum Gasteiger partial charge on any atom is 0.416 e. The number of ketones is 1. The summed E-state index contributed by atoms with van der Waals surface area (Å²) in [7, 11) is 0. The number of aryl methyl sites for hydroxylation is 2. The zero-order chi connectivity index (χ0) is 25.1. The number of hydrogen-bond acceptors (Lipinski definition) is 2. The Balaban J connectivity index is 1.63. The number of Topliss-reactive ketones (excluding diaryl/α,β-unsaturated/α-hetero) is 1. The van der Waals surface area contributed by atoms with Crippen LogP contribution >= 0.6 is 0 Å². The van der Waals surface area contributed by atoms with Gasteiger partial charge in [-0.2, -0.15) is 26.3 Å². The molecule has 0 bridgehead atoms. The second-order valence-electron chi connectivity index (χ2n) is 8.16. The zero-order valence-corrected chi connectivity index (χ0v) is 18.2. The summed E-state index contributed by atoms with van der Waals surface area (Å²) in [5.74, 6) is -0.665. The number of hydrogen-bond donors (Lipinski definition) is 1. The average Bonchev–Trinajstić information content (AvgIpc) is 2.75. The topological polar surface area (TPSA) is 37.3 Å².